The molecule has 0 aromatic carbocycles. The molecule has 108 valence electrons. The first-order valence-electron chi connectivity index (χ1n) is 6.76. The number of aliphatic carboxylic acids is 1. The van der Waals surface area contributed by atoms with E-state index in [2.05, 4.69) is 0 Å². The van der Waals surface area contributed by atoms with Crippen molar-refractivity contribution in [3.8, 4) is 0 Å². The Morgan fingerprint density at radius 1 is 1.42 bits per heavy atom. The molecule has 2 fully saturated rings. The lowest BCUT2D eigenvalue weighted by Gasteiger charge is -2.32. The molecule has 0 radical (unpaired) electrons. The lowest BCUT2D eigenvalue weighted by molar-refractivity contribution is -0.147. The molecule has 2 heterocycles. The van der Waals surface area contributed by atoms with Crippen LogP contribution < -0.4 is 0 Å². The second-order valence-corrected chi connectivity index (χ2v) is 5.85. The van der Waals surface area contributed by atoms with Crippen LogP contribution in [0.4, 0.5) is 0 Å². The van der Waals surface area contributed by atoms with E-state index in [1.807, 2.05) is 16.7 Å². The molecule has 6 heteroatoms. The van der Waals surface area contributed by atoms with Crippen molar-refractivity contribution in [3.05, 3.63) is 0 Å². The molecular weight excluding hydrogens is 248 g/mol. The summed E-state index contributed by atoms with van der Waals surface area (Å²) in [6, 6.07) is 0. The van der Waals surface area contributed by atoms with Crippen LogP contribution in [0.3, 0.4) is 0 Å². The SMILES string of the molecule is CC1CN(C(=O)CN2CCC(C)(C(=O)O)C2)CCO1. The quantitative estimate of drug-likeness (QED) is 0.783. The minimum Gasteiger partial charge on any atom is -0.481 e. The zero-order valence-electron chi connectivity index (χ0n) is 11.6. The maximum absolute atomic E-state index is 12.2. The number of amides is 1. The topological polar surface area (TPSA) is 70.1 Å². The molecule has 19 heavy (non-hydrogen) atoms. The Morgan fingerprint density at radius 2 is 2.16 bits per heavy atom. The molecular formula is C13H22N2O4. The van der Waals surface area contributed by atoms with E-state index in [9.17, 15) is 9.59 Å². The second kappa shape index (κ2) is 5.46. The predicted molar refractivity (Wildman–Crippen MR) is 68.8 cm³/mol. The van der Waals surface area contributed by atoms with Gasteiger partial charge in [0.2, 0.25) is 5.91 Å². The standard InChI is InChI=1S/C13H22N2O4/c1-10-7-15(5-6-19-10)11(16)8-14-4-3-13(2,9-14)12(17)18/h10H,3-9H2,1-2H3,(H,17,18). The van der Waals surface area contributed by atoms with Crippen LogP contribution in [0.15, 0.2) is 0 Å². The highest BCUT2D eigenvalue weighted by Crippen LogP contribution is 2.29. The second-order valence-electron chi connectivity index (χ2n) is 5.85. The van der Waals surface area contributed by atoms with Crippen LogP contribution in [0.5, 0.6) is 0 Å². The maximum Gasteiger partial charge on any atom is 0.310 e. The Morgan fingerprint density at radius 3 is 2.74 bits per heavy atom. The van der Waals surface area contributed by atoms with Crippen LogP contribution in [0, 0.1) is 5.41 Å². The number of rotatable bonds is 3. The van der Waals surface area contributed by atoms with E-state index in [4.69, 9.17) is 9.84 Å². The van der Waals surface area contributed by atoms with Gasteiger partial charge in [0, 0.05) is 19.6 Å². The molecule has 2 unspecified atom stereocenters. The zero-order valence-corrected chi connectivity index (χ0v) is 11.6. The molecule has 0 bridgehead atoms. The van der Waals surface area contributed by atoms with E-state index in [0.717, 1.165) is 0 Å². The number of carbonyl (C=O) groups is 2. The Hall–Kier alpha value is -1.14. The summed E-state index contributed by atoms with van der Waals surface area (Å²) in [6.07, 6.45) is 0.690. The Balaban J connectivity index is 1.85. The molecule has 0 aliphatic carbocycles. The first-order valence-corrected chi connectivity index (χ1v) is 6.76. The highest BCUT2D eigenvalue weighted by Gasteiger charge is 2.41. The summed E-state index contributed by atoms with van der Waals surface area (Å²) in [4.78, 5) is 27.1. The van der Waals surface area contributed by atoms with E-state index >= 15 is 0 Å². The molecule has 1 N–H and O–H groups in total. The van der Waals surface area contributed by atoms with Crippen molar-refractivity contribution in [1.82, 2.24) is 9.80 Å². The number of hydrogen-bond donors (Lipinski definition) is 1. The minimum absolute atomic E-state index is 0.0739. The molecule has 2 saturated heterocycles. The van der Waals surface area contributed by atoms with Crippen LogP contribution in [0.2, 0.25) is 0 Å². The average molecular weight is 270 g/mol. The Labute approximate surface area is 113 Å². The molecule has 2 aliphatic heterocycles. The summed E-state index contributed by atoms with van der Waals surface area (Å²) < 4.78 is 5.41. The van der Waals surface area contributed by atoms with Crippen molar-refractivity contribution < 1.29 is 19.4 Å². The van der Waals surface area contributed by atoms with Gasteiger partial charge in [0.15, 0.2) is 0 Å². The maximum atomic E-state index is 12.2. The first kappa shape index (κ1) is 14.3. The van der Waals surface area contributed by atoms with E-state index in [0.29, 0.717) is 45.8 Å². The van der Waals surface area contributed by atoms with Crippen LogP contribution in [0.25, 0.3) is 0 Å². The van der Waals surface area contributed by atoms with Gasteiger partial charge >= 0.3 is 5.97 Å². The van der Waals surface area contributed by atoms with Gasteiger partial charge in [-0.15, -0.1) is 0 Å². The fourth-order valence-corrected chi connectivity index (χ4v) is 2.70. The predicted octanol–water partition coefficient (Wildman–Crippen LogP) is 0.0303. The van der Waals surface area contributed by atoms with Gasteiger partial charge in [-0.05, 0) is 26.8 Å². The third kappa shape index (κ3) is 3.25. The van der Waals surface area contributed by atoms with Gasteiger partial charge in [0.25, 0.3) is 0 Å². The van der Waals surface area contributed by atoms with Gasteiger partial charge in [-0.1, -0.05) is 0 Å². The highest BCUT2D eigenvalue weighted by atomic mass is 16.5. The van der Waals surface area contributed by atoms with Crippen LogP contribution in [0.1, 0.15) is 20.3 Å². The van der Waals surface area contributed by atoms with Crippen molar-refractivity contribution in [2.45, 2.75) is 26.4 Å². The van der Waals surface area contributed by atoms with Crippen LogP contribution >= 0.6 is 0 Å². The average Bonchev–Trinajstić information content (AvgIpc) is 2.72. The monoisotopic (exact) mass is 270 g/mol. The fraction of sp³-hybridized carbons (Fsp3) is 0.846. The number of morpholine rings is 1. The third-order valence-corrected chi connectivity index (χ3v) is 4.02. The largest absolute Gasteiger partial charge is 0.481 e. The van der Waals surface area contributed by atoms with Gasteiger partial charge in [0.05, 0.1) is 24.7 Å². The van der Waals surface area contributed by atoms with Gasteiger partial charge < -0.3 is 14.7 Å². The van der Waals surface area contributed by atoms with E-state index in [-0.39, 0.29) is 12.0 Å². The first-order chi connectivity index (χ1) is 8.90. The fourth-order valence-electron chi connectivity index (χ4n) is 2.70. The number of carbonyl (C=O) groups excluding carboxylic acids is 1. The van der Waals surface area contributed by atoms with Crippen molar-refractivity contribution in [2.24, 2.45) is 5.41 Å². The number of ether oxygens (including phenoxy) is 1. The van der Waals surface area contributed by atoms with Gasteiger partial charge in [-0.2, -0.15) is 0 Å². The van der Waals surface area contributed by atoms with Crippen molar-refractivity contribution in [2.75, 3.05) is 39.3 Å². The van der Waals surface area contributed by atoms with Gasteiger partial charge in [-0.25, -0.2) is 0 Å². The molecule has 2 rings (SSSR count). The van der Waals surface area contributed by atoms with Crippen molar-refractivity contribution in [1.29, 1.82) is 0 Å². The Bertz CT molecular complexity index is 374. The van der Waals surface area contributed by atoms with E-state index in [1.165, 1.54) is 0 Å². The van der Waals surface area contributed by atoms with Crippen molar-refractivity contribution >= 4 is 11.9 Å². The molecule has 0 aromatic heterocycles. The highest BCUT2D eigenvalue weighted by molar-refractivity contribution is 5.79. The number of carboxylic acids is 1. The molecule has 0 spiro atoms. The molecule has 0 saturated carbocycles. The summed E-state index contributed by atoms with van der Waals surface area (Å²) >= 11 is 0. The smallest absolute Gasteiger partial charge is 0.310 e. The van der Waals surface area contributed by atoms with E-state index in [1.54, 1.807) is 6.92 Å². The molecule has 6 nitrogen and oxygen atoms in total. The molecule has 1 amide bonds. The number of nitrogens with zero attached hydrogens (tertiary/aromatic N) is 2. The van der Waals surface area contributed by atoms with E-state index < -0.39 is 11.4 Å². The van der Waals surface area contributed by atoms with Crippen LogP contribution in [-0.2, 0) is 14.3 Å². The summed E-state index contributed by atoms with van der Waals surface area (Å²) in [5.74, 6) is -0.702. The molecule has 2 aliphatic rings. The van der Waals surface area contributed by atoms with Gasteiger partial charge in [0.1, 0.15) is 0 Å². The summed E-state index contributed by atoms with van der Waals surface area (Å²) in [7, 11) is 0. The lowest BCUT2D eigenvalue weighted by atomic mass is 9.90. The number of hydrogen-bond acceptors (Lipinski definition) is 4. The summed E-state index contributed by atoms with van der Waals surface area (Å²) in [5, 5.41) is 9.17. The summed E-state index contributed by atoms with van der Waals surface area (Å²) in [5.41, 5.74) is -0.710. The normalized spacial score (nSPS) is 32.5. The van der Waals surface area contributed by atoms with Crippen LogP contribution in [-0.4, -0.2) is 72.2 Å². The summed E-state index contributed by atoms with van der Waals surface area (Å²) in [6.45, 7) is 6.99. The van der Waals surface area contributed by atoms with Crippen molar-refractivity contribution in [3.63, 3.8) is 0 Å². The third-order valence-electron chi connectivity index (χ3n) is 4.02. The molecule has 2 atom stereocenters. The lowest BCUT2D eigenvalue weighted by Crippen LogP contribution is -2.48. The zero-order chi connectivity index (χ0) is 14.0. The number of likely N-dealkylation sites (tertiary alicyclic amines) is 1. The number of carboxylic acid groups (broad SMARTS) is 1. The Kier molecular flexibility index (Phi) is 4.10. The molecule has 0 aromatic rings. The van der Waals surface area contributed by atoms with Gasteiger partial charge in [-0.3, -0.25) is 14.5 Å². The minimum atomic E-state index is -0.776.